The van der Waals surface area contributed by atoms with Gasteiger partial charge in [-0.25, -0.2) is 4.79 Å². The van der Waals surface area contributed by atoms with Crippen molar-refractivity contribution >= 4 is 29.3 Å². The van der Waals surface area contributed by atoms with E-state index in [0.29, 0.717) is 17.8 Å². The van der Waals surface area contributed by atoms with Crippen LogP contribution in [0, 0.1) is 0 Å². The molecule has 3 rings (SSSR count). The highest BCUT2D eigenvalue weighted by molar-refractivity contribution is 6.99. The van der Waals surface area contributed by atoms with Gasteiger partial charge in [-0.15, -0.1) is 0 Å². The molecule has 2 aromatic rings. The van der Waals surface area contributed by atoms with Gasteiger partial charge in [-0.3, -0.25) is 4.79 Å². The van der Waals surface area contributed by atoms with Crippen LogP contribution >= 0.6 is 11.7 Å². The first kappa shape index (κ1) is 13.7. The van der Waals surface area contributed by atoms with Crippen LogP contribution in [0.15, 0.2) is 24.4 Å². The summed E-state index contributed by atoms with van der Waals surface area (Å²) in [6.45, 7) is 0.605. The standard InChI is InChI=1S/C14H13N3O3S/c1-20-14(19)10-4-2-6-12-9(10)5-3-7-17(12)13(18)11-8-15-21-16-11/h2,4,6,8H,3,5,7H2,1H3. The van der Waals surface area contributed by atoms with E-state index in [4.69, 9.17) is 4.74 Å². The minimum atomic E-state index is -0.378. The van der Waals surface area contributed by atoms with Crippen LogP contribution in [0.2, 0.25) is 0 Å². The molecule has 0 bridgehead atoms. The maximum Gasteiger partial charge on any atom is 0.338 e. The van der Waals surface area contributed by atoms with Crippen LogP contribution < -0.4 is 4.90 Å². The van der Waals surface area contributed by atoms with Gasteiger partial charge in [0.25, 0.3) is 5.91 Å². The fourth-order valence-electron chi connectivity index (χ4n) is 2.53. The molecule has 6 nitrogen and oxygen atoms in total. The molecule has 0 N–H and O–H groups in total. The molecule has 0 saturated heterocycles. The molecule has 1 aliphatic heterocycles. The Balaban J connectivity index is 2.03. The number of carbonyl (C=O) groups excluding carboxylic acids is 2. The third-order valence-electron chi connectivity index (χ3n) is 3.48. The fraction of sp³-hybridized carbons (Fsp3) is 0.286. The van der Waals surface area contributed by atoms with Gasteiger partial charge >= 0.3 is 5.97 Å². The van der Waals surface area contributed by atoms with Gasteiger partial charge in [0.15, 0.2) is 5.69 Å². The molecule has 0 atom stereocenters. The van der Waals surface area contributed by atoms with Gasteiger partial charge < -0.3 is 9.64 Å². The predicted molar refractivity (Wildman–Crippen MR) is 77.7 cm³/mol. The van der Waals surface area contributed by atoms with E-state index in [0.717, 1.165) is 35.8 Å². The number of hydrogen-bond acceptors (Lipinski definition) is 6. The molecule has 108 valence electrons. The van der Waals surface area contributed by atoms with Crippen molar-refractivity contribution < 1.29 is 14.3 Å². The summed E-state index contributed by atoms with van der Waals surface area (Å²) in [6.07, 6.45) is 3.01. The summed E-state index contributed by atoms with van der Waals surface area (Å²) < 4.78 is 12.7. The Hall–Kier alpha value is -2.28. The van der Waals surface area contributed by atoms with E-state index >= 15 is 0 Å². The average molecular weight is 303 g/mol. The summed E-state index contributed by atoms with van der Waals surface area (Å²) in [6, 6.07) is 5.33. The second-order valence-electron chi connectivity index (χ2n) is 4.65. The molecule has 1 aromatic carbocycles. The van der Waals surface area contributed by atoms with Crippen LogP contribution in [-0.2, 0) is 11.2 Å². The van der Waals surface area contributed by atoms with Crippen molar-refractivity contribution in [2.75, 3.05) is 18.6 Å². The van der Waals surface area contributed by atoms with E-state index in [9.17, 15) is 9.59 Å². The number of amides is 1. The Kier molecular flexibility index (Phi) is 3.66. The number of hydrogen-bond donors (Lipinski definition) is 0. The molecule has 1 aliphatic rings. The zero-order valence-electron chi connectivity index (χ0n) is 11.4. The zero-order valence-corrected chi connectivity index (χ0v) is 12.2. The highest BCUT2D eigenvalue weighted by Crippen LogP contribution is 2.31. The first-order valence-corrected chi connectivity index (χ1v) is 7.25. The van der Waals surface area contributed by atoms with Gasteiger partial charge in [0.2, 0.25) is 0 Å². The minimum Gasteiger partial charge on any atom is -0.465 e. The SMILES string of the molecule is COC(=O)c1cccc2c1CCCN2C(=O)c1cnsn1. The van der Waals surface area contributed by atoms with Crippen LogP contribution in [0.3, 0.4) is 0 Å². The molecule has 2 heterocycles. The Morgan fingerprint density at radius 2 is 2.24 bits per heavy atom. The van der Waals surface area contributed by atoms with Gasteiger partial charge in [0.1, 0.15) is 0 Å². The average Bonchev–Trinajstić information content (AvgIpc) is 3.06. The molecule has 21 heavy (non-hydrogen) atoms. The second kappa shape index (κ2) is 5.61. The van der Waals surface area contributed by atoms with Crippen molar-refractivity contribution in [1.29, 1.82) is 0 Å². The smallest absolute Gasteiger partial charge is 0.338 e. The third-order valence-corrected chi connectivity index (χ3v) is 3.96. The second-order valence-corrected chi connectivity index (χ2v) is 5.20. The topological polar surface area (TPSA) is 72.4 Å². The van der Waals surface area contributed by atoms with E-state index < -0.39 is 0 Å². The Morgan fingerprint density at radius 3 is 2.95 bits per heavy atom. The van der Waals surface area contributed by atoms with Crippen molar-refractivity contribution in [2.24, 2.45) is 0 Å². The molecular weight excluding hydrogens is 290 g/mol. The number of carbonyl (C=O) groups is 2. The third kappa shape index (κ3) is 2.40. The van der Waals surface area contributed by atoms with Crippen molar-refractivity contribution in [3.8, 4) is 0 Å². The lowest BCUT2D eigenvalue weighted by molar-refractivity contribution is 0.0599. The van der Waals surface area contributed by atoms with Crippen LogP contribution in [0.4, 0.5) is 5.69 Å². The summed E-state index contributed by atoms with van der Waals surface area (Å²) >= 11 is 1.00. The van der Waals surface area contributed by atoms with Crippen LogP contribution in [0.1, 0.15) is 32.8 Å². The first-order chi connectivity index (χ1) is 10.2. The summed E-state index contributed by atoms with van der Waals surface area (Å²) in [5, 5.41) is 0. The lowest BCUT2D eigenvalue weighted by Crippen LogP contribution is -2.36. The molecule has 0 unspecified atom stereocenters. The zero-order chi connectivity index (χ0) is 14.8. The number of ether oxygens (including phenoxy) is 1. The maximum atomic E-state index is 12.5. The van der Waals surface area contributed by atoms with Crippen molar-refractivity contribution in [2.45, 2.75) is 12.8 Å². The van der Waals surface area contributed by atoms with Crippen LogP contribution in [-0.4, -0.2) is 34.3 Å². The number of esters is 1. The Bertz CT molecular complexity index is 685. The van der Waals surface area contributed by atoms with Gasteiger partial charge in [-0.05, 0) is 30.5 Å². The van der Waals surface area contributed by atoms with E-state index in [-0.39, 0.29) is 11.9 Å². The molecule has 1 aromatic heterocycles. The molecule has 0 spiro atoms. The summed E-state index contributed by atoms with van der Waals surface area (Å²) in [5.41, 5.74) is 2.45. The van der Waals surface area contributed by atoms with Gasteiger partial charge in [-0.2, -0.15) is 8.75 Å². The van der Waals surface area contributed by atoms with Gasteiger partial charge in [-0.1, -0.05) is 6.07 Å². The molecular formula is C14H13N3O3S. The number of rotatable bonds is 2. The number of aromatic nitrogens is 2. The predicted octanol–water partition coefficient (Wildman–Crippen LogP) is 1.92. The van der Waals surface area contributed by atoms with E-state index in [1.807, 2.05) is 6.07 Å². The van der Waals surface area contributed by atoms with E-state index in [1.54, 1.807) is 17.0 Å². The maximum absolute atomic E-state index is 12.5. The Labute approximate surface area is 125 Å². The number of methoxy groups -OCH3 is 1. The number of benzene rings is 1. The summed E-state index contributed by atoms with van der Waals surface area (Å²) in [7, 11) is 1.36. The van der Waals surface area contributed by atoms with Gasteiger partial charge in [0, 0.05) is 12.2 Å². The van der Waals surface area contributed by atoms with E-state index in [1.165, 1.54) is 13.3 Å². The molecule has 0 aliphatic carbocycles. The van der Waals surface area contributed by atoms with Crippen molar-refractivity contribution in [3.05, 3.63) is 41.2 Å². The quantitative estimate of drug-likeness (QED) is 0.793. The molecule has 0 saturated carbocycles. The highest BCUT2D eigenvalue weighted by Gasteiger charge is 2.28. The van der Waals surface area contributed by atoms with Crippen LogP contribution in [0.25, 0.3) is 0 Å². The lowest BCUT2D eigenvalue weighted by Gasteiger charge is -2.29. The first-order valence-electron chi connectivity index (χ1n) is 6.52. The largest absolute Gasteiger partial charge is 0.465 e. The minimum absolute atomic E-state index is 0.188. The molecule has 0 radical (unpaired) electrons. The van der Waals surface area contributed by atoms with Crippen molar-refractivity contribution in [3.63, 3.8) is 0 Å². The number of anilines is 1. The monoisotopic (exact) mass is 303 g/mol. The van der Waals surface area contributed by atoms with E-state index in [2.05, 4.69) is 8.75 Å². The highest BCUT2D eigenvalue weighted by atomic mass is 32.1. The number of nitrogens with zero attached hydrogens (tertiary/aromatic N) is 3. The van der Waals surface area contributed by atoms with Gasteiger partial charge in [0.05, 0.1) is 30.6 Å². The fourth-order valence-corrected chi connectivity index (χ4v) is 2.94. The number of fused-ring (bicyclic) bond motifs is 1. The summed E-state index contributed by atoms with van der Waals surface area (Å²) in [4.78, 5) is 26.0. The Morgan fingerprint density at radius 1 is 1.38 bits per heavy atom. The summed E-state index contributed by atoms with van der Waals surface area (Å²) in [5.74, 6) is -0.566. The molecule has 7 heteroatoms. The normalized spacial score (nSPS) is 13.7. The molecule has 0 fully saturated rings. The lowest BCUT2D eigenvalue weighted by atomic mass is 9.96. The van der Waals surface area contributed by atoms with Crippen molar-refractivity contribution in [1.82, 2.24) is 8.75 Å². The molecule has 1 amide bonds. The van der Waals surface area contributed by atoms with Crippen LogP contribution in [0.5, 0.6) is 0 Å².